The maximum absolute atomic E-state index is 12.9. The summed E-state index contributed by atoms with van der Waals surface area (Å²) in [6, 6.07) is 7.05. The van der Waals surface area contributed by atoms with E-state index in [9.17, 15) is 8.42 Å². The van der Waals surface area contributed by atoms with Crippen molar-refractivity contribution in [3.8, 4) is 0 Å². The summed E-state index contributed by atoms with van der Waals surface area (Å²) in [4.78, 5) is 0.360. The molecule has 0 radical (unpaired) electrons. The second kappa shape index (κ2) is 6.04. The highest BCUT2D eigenvalue weighted by Crippen LogP contribution is 2.27. The molecule has 21 heavy (non-hydrogen) atoms. The summed E-state index contributed by atoms with van der Waals surface area (Å²) in [5.74, 6) is 0. The summed E-state index contributed by atoms with van der Waals surface area (Å²) < 4.78 is 38.2. The van der Waals surface area contributed by atoms with Gasteiger partial charge in [0.1, 0.15) is 0 Å². The minimum atomic E-state index is -3.52. The highest BCUT2D eigenvalue weighted by Gasteiger charge is 2.39. The van der Waals surface area contributed by atoms with Crippen molar-refractivity contribution in [2.75, 3.05) is 26.8 Å². The normalized spacial score (nSPS) is 23.1. The Bertz CT molecular complexity index is 597. The molecule has 1 aromatic carbocycles. The van der Waals surface area contributed by atoms with Crippen molar-refractivity contribution >= 4 is 10.0 Å². The first-order valence-electron chi connectivity index (χ1n) is 6.99. The molecule has 0 saturated carbocycles. The SMILES string of the molecule is COC[C@@H]1CN(S(=O)(=O)c2ccccc2C)CC(C)(C)O1. The summed E-state index contributed by atoms with van der Waals surface area (Å²) in [6.07, 6.45) is -0.252. The largest absolute Gasteiger partial charge is 0.382 e. The molecule has 0 N–H and O–H groups in total. The van der Waals surface area contributed by atoms with Crippen LogP contribution in [0.2, 0.25) is 0 Å². The number of sulfonamides is 1. The molecule has 5 nitrogen and oxygen atoms in total. The molecule has 1 aromatic rings. The molecule has 0 spiro atoms. The van der Waals surface area contributed by atoms with Crippen molar-refractivity contribution in [3.05, 3.63) is 29.8 Å². The Labute approximate surface area is 126 Å². The lowest BCUT2D eigenvalue weighted by Gasteiger charge is -2.41. The molecule has 2 rings (SSSR count). The molecule has 0 aliphatic carbocycles. The predicted octanol–water partition coefficient (Wildman–Crippen LogP) is 1.81. The average molecular weight is 313 g/mol. The van der Waals surface area contributed by atoms with Gasteiger partial charge in [0.05, 0.1) is 23.2 Å². The van der Waals surface area contributed by atoms with Crippen LogP contribution in [0.5, 0.6) is 0 Å². The second-order valence-corrected chi connectivity index (χ2v) is 7.92. The Morgan fingerprint density at radius 2 is 2.05 bits per heavy atom. The van der Waals surface area contributed by atoms with E-state index in [-0.39, 0.29) is 6.10 Å². The van der Waals surface area contributed by atoms with Gasteiger partial charge in [-0.25, -0.2) is 8.42 Å². The average Bonchev–Trinajstić information content (AvgIpc) is 2.37. The molecule has 1 aliphatic rings. The highest BCUT2D eigenvalue weighted by atomic mass is 32.2. The molecule has 0 unspecified atom stereocenters. The van der Waals surface area contributed by atoms with E-state index in [1.807, 2.05) is 32.9 Å². The van der Waals surface area contributed by atoms with Gasteiger partial charge in [0, 0.05) is 20.2 Å². The lowest BCUT2D eigenvalue weighted by atomic mass is 10.1. The van der Waals surface area contributed by atoms with E-state index >= 15 is 0 Å². The standard InChI is InChI=1S/C15H23NO4S/c1-12-7-5-6-8-14(12)21(17,18)16-9-13(10-19-4)20-15(2,3)11-16/h5-8,13H,9-11H2,1-4H3/t13-/m0/s1. The number of hydrogen-bond donors (Lipinski definition) is 0. The van der Waals surface area contributed by atoms with E-state index in [4.69, 9.17) is 9.47 Å². The Morgan fingerprint density at radius 1 is 1.38 bits per heavy atom. The van der Waals surface area contributed by atoms with Crippen LogP contribution in [0.1, 0.15) is 19.4 Å². The van der Waals surface area contributed by atoms with Crippen LogP contribution in [0, 0.1) is 6.92 Å². The van der Waals surface area contributed by atoms with Crippen LogP contribution in [0.4, 0.5) is 0 Å². The van der Waals surface area contributed by atoms with Crippen LogP contribution >= 0.6 is 0 Å². The molecule has 0 bridgehead atoms. The first-order chi connectivity index (χ1) is 9.76. The van der Waals surface area contributed by atoms with Gasteiger partial charge in [-0.3, -0.25) is 0 Å². The van der Waals surface area contributed by atoms with E-state index in [1.165, 1.54) is 4.31 Å². The van der Waals surface area contributed by atoms with E-state index in [0.29, 0.717) is 24.6 Å². The lowest BCUT2D eigenvalue weighted by molar-refractivity contribution is -0.135. The maximum Gasteiger partial charge on any atom is 0.243 e. The van der Waals surface area contributed by atoms with E-state index in [1.54, 1.807) is 19.2 Å². The van der Waals surface area contributed by atoms with Crippen LogP contribution < -0.4 is 0 Å². The topological polar surface area (TPSA) is 55.8 Å². The van der Waals surface area contributed by atoms with Gasteiger partial charge in [-0.2, -0.15) is 4.31 Å². The van der Waals surface area contributed by atoms with Crippen LogP contribution in [0.25, 0.3) is 0 Å². The molecule has 1 atom stereocenters. The van der Waals surface area contributed by atoms with Crippen LogP contribution in [0.3, 0.4) is 0 Å². The van der Waals surface area contributed by atoms with Crippen molar-refractivity contribution in [1.29, 1.82) is 0 Å². The Hall–Kier alpha value is -0.950. The highest BCUT2D eigenvalue weighted by molar-refractivity contribution is 7.89. The molecular formula is C15H23NO4S. The Balaban J connectivity index is 2.33. The fraction of sp³-hybridized carbons (Fsp3) is 0.600. The van der Waals surface area contributed by atoms with Gasteiger partial charge in [-0.15, -0.1) is 0 Å². The fourth-order valence-corrected chi connectivity index (χ4v) is 4.53. The van der Waals surface area contributed by atoms with Gasteiger partial charge in [-0.1, -0.05) is 18.2 Å². The minimum absolute atomic E-state index is 0.252. The van der Waals surface area contributed by atoms with Crippen molar-refractivity contribution in [2.45, 2.75) is 37.4 Å². The molecule has 1 saturated heterocycles. The van der Waals surface area contributed by atoms with E-state index in [0.717, 1.165) is 5.56 Å². The van der Waals surface area contributed by atoms with Gasteiger partial charge < -0.3 is 9.47 Å². The molecule has 0 aromatic heterocycles. The molecule has 0 amide bonds. The summed E-state index contributed by atoms with van der Waals surface area (Å²) in [7, 11) is -1.93. The second-order valence-electron chi connectivity index (χ2n) is 6.02. The number of benzene rings is 1. The quantitative estimate of drug-likeness (QED) is 0.851. The molecule has 6 heteroatoms. The number of nitrogens with zero attached hydrogens (tertiary/aromatic N) is 1. The summed E-state index contributed by atoms with van der Waals surface area (Å²) in [5.41, 5.74) is 0.224. The zero-order chi connectivity index (χ0) is 15.7. The first-order valence-corrected chi connectivity index (χ1v) is 8.43. The first kappa shape index (κ1) is 16.4. The third-order valence-electron chi connectivity index (χ3n) is 3.51. The molecular weight excluding hydrogens is 290 g/mol. The van der Waals surface area contributed by atoms with Gasteiger partial charge in [0.15, 0.2) is 0 Å². The zero-order valence-corrected chi connectivity index (χ0v) is 13.8. The monoisotopic (exact) mass is 313 g/mol. The number of methoxy groups -OCH3 is 1. The van der Waals surface area contributed by atoms with Crippen LogP contribution in [-0.4, -0.2) is 51.2 Å². The van der Waals surface area contributed by atoms with E-state index in [2.05, 4.69) is 0 Å². The summed E-state index contributed by atoms with van der Waals surface area (Å²) in [5, 5.41) is 0. The zero-order valence-electron chi connectivity index (χ0n) is 13.0. The predicted molar refractivity (Wildman–Crippen MR) is 80.8 cm³/mol. The van der Waals surface area contributed by atoms with Gasteiger partial charge in [0.25, 0.3) is 0 Å². The molecule has 1 aliphatic heterocycles. The third-order valence-corrected chi connectivity index (χ3v) is 5.49. The number of rotatable bonds is 4. The molecule has 1 heterocycles. The van der Waals surface area contributed by atoms with Crippen LogP contribution in [-0.2, 0) is 19.5 Å². The maximum atomic E-state index is 12.9. The fourth-order valence-electron chi connectivity index (χ4n) is 2.68. The Kier molecular flexibility index (Phi) is 4.72. The van der Waals surface area contributed by atoms with Gasteiger partial charge in [0.2, 0.25) is 10.0 Å². The number of ether oxygens (including phenoxy) is 2. The third kappa shape index (κ3) is 3.63. The van der Waals surface area contributed by atoms with Crippen molar-refractivity contribution < 1.29 is 17.9 Å². The number of morpholine rings is 1. The number of aryl methyl sites for hydroxylation is 1. The Morgan fingerprint density at radius 3 is 2.67 bits per heavy atom. The van der Waals surface area contributed by atoms with Crippen molar-refractivity contribution in [3.63, 3.8) is 0 Å². The van der Waals surface area contributed by atoms with Gasteiger partial charge >= 0.3 is 0 Å². The van der Waals surface area contributed by atoms with Crippen molar-refractivity contribution in [2.24, 2.45) is 0 Å². The minimum Gasteiger partial charge on any atom is -0.382 e. The lowest BCUT2D eigenvalue weighted by Crippen LogP contribution is -2.55. The van der Waals surface area contributed by atoms with E-state index < -0.39 is 15.6 Å². The molecule has 1 fully saturated rings. The van der Waals surface area contributed by atoms with Crippen LogP contribution in [0.15, 0.2) is 29.2 Å². The number of hydrogen-bond acceptors (Lipinski definition) is 4. The summed E-state index contributed by atoms with van der Waals surface area (Å²) in [6.45, 7) is 6.64. The van der Waals surface area contributed by atoms with Gasteiger partial charge in [-0.05, 0) is 32.4 Å². The van der Waals surface area contributed by atoms with Crippen molar-refractivity contribution in [1.82, 2.24) is 4.31 Å². The summed E-state index contributed by atoms with van der Waals surface area (Å²) >= 11 is 0. The smallest absolute Gasteiger partial charge is 0.243 e. The molecule has 118 valence electrons.